The molecule has 4 rings (SSSR count). The Morgan fingerprint density at radius 1 is 1.15 bits per heavy atom. The fourth-order valence-electron chi connectivity index (χ4n) is 4.11. The fourth-order valence-corrected chi connectivity index (χ4v) is 5.21. The first-order valence-electron chi connectivity index (χ1n) is 11.0. The molecule has 0 bridgehead atoms. The number of likely N-dealkylation sites (N-methyl/N-ethyl adjacent to an activating group) is 1. The molecule has 172 valence electrons. The molecule has 1 unspecified atom stereocenters. The Balaban J connectivity index is 1.50. The number of fused-ring (bicyclic) bond motifs is 1. The number of nitrogens with zero attached hydrogens (tertiary/aromatic N) is 4. The van der Waals surface area contributed by atoms with Crippen molar-refractivity contribution in [3.63, 3.8) is 0 Å². The molecular weight excluding hydrogens is 434 g/mol. The molecule has 0 aliphatic rings. The number of amides is 2. The summed E-state index contributed by atoms with van der Waals surface area (Å²) in [6, 6.07) is 15.7. The molecule has 3 aromatic heterocycles. The van der Waals surface area contributed by atoms with Gasteiger partial charge in [0.2, 0.25) is 0 Å². The average molecular weight is 464 g/mol. The summed E-state index contributed by atoms with van der Waals surface area (Å²) in [6.45, 7) is 2.44. The minimum absolute atomic E-state index is 0.00899. The average Bonchev–Trinajstić information content (AvgIpc) is 3.50. The van der Waals surface area contributed by atoms with Gasteiger partial charge in [-0.15, -0.1) is 11.3 Å². The number of benzene rings is 1. The van der Waals surface area contributed by atoms with E-state index in [9.17, 15) is 9.59 Å². The number of nitrogens with one attached hydrogen (secondary N) is 1. The van der Waals surface area contributed by atoms with Crippen molar-refractivity contribution >= 4 is 33.4 Å². The highest BCUT2D eigenvalue weighted by molar-refractivity contribution is 7.20. The second kappa shape index (κ2) is 9.62. The summed E-state index contributed by atoms with van der Waals surface area (Å²) in [5.41, 5.74) is 2.70. The molecule has 1 aromatic carbocycles. The van der Waals surface area contributed by atoms with Crippen LogP contribution in [0.5, 0.6) is 0 Å². The molecule has 0 spiro atoms. The summed E-state index contributed by atoms with van der Waals surface area (Å²) in [6.07, 6.45) is 3.22. The molecule has 8 heteroatoms. The zero-order chi connectivity index (χ0) is 23.5. The number of aryl methyl sites for hydroxylation is 3. The Morgan fingerprint density at radius 2 is 1.91 bits per heavy atom. The van der Waals surface area contributed by atoms with E-state index in [0.717, 1.165) is 21.5 Å². The first-order valence-corrected chi connectivity index (χ1v) is 11.8. The van der Waals surface area contributed by atoms with Gasteiger partial charge in [-0.1, -0.05) is 30.3 Å². The maximum atomic E-state index is 13.4. The van der Waals surface area contributed by atoms with E-state index in [0.29, 0.717) is 30.0 Å². The van der Waals surface area contributed by atoms with Crippen LogP contribution >= 0.6 is 11.3 Å². The molecule has 1 N–H and O–H groups in total. The highest BCUT2D eigenvalue weighted by atomic mass is 32.1. The van der Waals surface area contributed by atoms with Crippen molar-refractivity contribution in [3.8, 4) is 0 Å². The van der Waals surface area contributed by atoms with Gasteiger partial charge in [0.1, 0.15) is 10.5 Å². The molecule has 3 heterocycles. The van der Waals surface area contributed by atoms with Crippen LogP contribution < -0.4 is 5.32 Å². The third-order valence-corrected chi connectivity index (χ3v) is 7.22. The monoisotopic (exact) mass is 463 g/mol. The Labute approximate surface area is 197 Å². The van der Waals surface area contributed by atoms with Crippen LogP contribution in [0, 0.1) is 6.92 Å². The van der Waals surface area contributed by atoms with E-state index in [2.05, 4.69) is 22.5 Å². The molecule has 0 fully saturated rings. The highest BCUT2D eigenvalue weighted by Gasteiger charge is 2.24. The SMILES string of the molecule is Cc1nn(C)c2sc(C(=O)N(C)C(CCNC(=O)c3cccn3C)Cc3ccccc3)cc12. The largest absolute Gasteiger partial charge is 0.351 e. The van der Waals surface area contributed by atoms with Gasteiger partial charge in [-0.2, -0.15) is 5.10 Å². The van der Waals surface area contributed by atoms with Gasteiger partial charge in [0, 0.05) is 45.3 Å². The number of rotatable bonds is 8. The zero-order valence-electron chi connectivity index (χ0n) is 19.4. The number of thiophene rings is 1. The number of carbonyl (C=O) groups is 2. The molecule has 0 aliphatic heterocycles. The van der Waals surface area contributed by atoms with Crippen molar-refractivity contribution in [2.45, 2.75) is 25.8 Å². The summed E-state index contributed by atoms with van der Waals surface area (Å²) >= 11 is 1.47. The van der Waals surface area contributed by atoms with E-state index in [4.69, 9.17) is 0 Å². The predicted octanol–water partition coefficient (Wildman–Crippen LogP) is 3.79. The van der Waals surface area contributed by atoms with Gasteiger partial charge >= 0.3 is 0 Å². The summed E-state index contributed by atoms with van der Waals surface area (Å²) < 4.78 is 3.62. The van der Waals surface area contributed by atoms with Gasteiger partial charge in [-0.3, -0.25) is 14.3 Å². The Bertz CT molecular complexity index is 1240. The number of hydrogen-bond donors (Lipinski definition) is 1. The third kappa shape index (κ3) is 4.85. The summed E-state index contributed by atoms with van der Waals surface area (Å²) in [4.78, 5) is 29.4. The Kier molecular flexibility index (Phi) is 6.65. The lowest BCUT2D eigenvalue weighted by Gasteiger charge is -2.28. The van der Waals surface area contributed by atoms with Crippen molar-refractivity contribution in [3.05, 3.63) is 76.6 Å². The van der Waals surface area contributed by atoms with Gasteiger partial charge in [0.25, 0.3) is 11.8 Å². The molecular formula is C25H29N5O2S. The molecule has 0 saturated heterocycles. The van der Waals surface area contributed by atoms with Crippen LogP contribution in [-0.2, 0) is 20.5 Å². The van der Waals surface area contributed by atoms with Gasteiger partial charge in [0.05, 0.1) is 10.6 Å². The molecule has 0 radical (unpaired) electrons. The van der Waals surface area contributed by atoms with Crippen molar-refractivity contribution in [2.24, 2.45) is 14.1 Å². The van der Waals surface area contributed by atoms with Crippen LogP contribution in [0.25, 0.3) is 10.2 Å². The van der Waals surface area contributed by atoms with Crippen molar-refractivity contribution in [2.75, 3.05) is 13.6 Å². The van der Waals surface area contributed by atoms with E-state index in [-0.39, 0.29) is 17.9 Å². The van der Waals surface area contributed by atoms with Crippen LogP contribution in [0.1, 0.15) is 37.8 Å². The topological polar surface area (TPSA) is 72.2 Å². The Morgan fingerprint density at radius 3 is 2.58 bits per heavy atom. The molecule has 2 amide bonds. The molecule has 0 saturated carbocycles. The third-order valence-electron chi connectivity index (χ3n) is 6.03. The second-order valence-corrected chi connectivity index (χ2v) is 9.38. The lowest BCUT2D eigenvalue weighted by atomic mass is 10.0. The second-order valence-electron chi connectivity index (χ2n) is 8.35. The molecule has 33 heavy (non-hydrogen) atoms. The van der Waals surface area contributed by atoms with Crippen molar-refractivity contribution in [1.29, 1.82) is 0 Å². The molecule has 7 nitrogen and oxygen atoms in total. The molecule has 4 aromatic rings. The minimum atomic E-state index is -0.109. The fraction of sp³-hybridized carbons (Fsp3) is 0.320. The van der Waals surface area contributed by atoms with E-state index >= 15 is 0 Å². The Hall–Kier alpha value is -3.39. The van der Waals surface area contributed by atoms with Crippen LogP contribution in [-0.4, -0.2) is 50.7 Å². The maximum Gasteiger partial charge on any atom is 0.267 e. The van der Waals surface area contributed by atoms with E-state index in [1.165, 1.54) is 11.3 Å². The smallest absolute Gasteiger partial charge is 0.267 e. The van der Waals surface area contributed by atoms with E-state index in [1.54, 1.807) is 10.6 Å². The number of hydrogen-bond acceptors (Lipinski definition) is 4. The summed E-state index contributed by atoms with van der Waals surface area (Å²) in [7, 11) is 5.60. The highest BCUT2D eigenvalue weighted by Crippen LogP contribution is 2.29. The first kappa shape index (κ1) is 22.8. The van der Waals surface area contributed by atoms with Crippen molar-refractivity contribution in [1.82, 2.24) is 24.6 Å². The minimum Gasteiger partial charge on any atom is -0.351 e. The van der Waals surface area contributed by atoms with E-state index in [1.807, 2.05) is 74.2 Å². The number of carbonyl (C=O) groups excluding carboxylic acids is 2. The van der Waals surface area contributed by atoms with Gasteiger partial charge < -0.3 is 14.8 Å². The van der Waals surface area contributed by atoms with Crippen LogP contribution in [0.4, 0.5) is 0 Å². The normalized spacial score (nSPS) is 12.1. The standard InChI is InChI=1S/C25H29N5O2S/c1-17-20-16-22(33-25(20)30(4)27-17)24(32)29(3)19(15-18-9-6-5-7-10-18)12-13-26-23(31)21-11-8-14-28(21)2/h5-11,14,16,19H,12-13,15H2,1-4H3,(H,26,31). The zero-order valence-corrected chi connectivity index (χ0v) is 20.2. The van der Waals surface area contributed by atoms with Crippen LogP contribution in [0.2, 0.25) is 0 Å². The first-order chi connectivity index (χ1) is 15.8. The van der Waals surface area contributed by atoms with E-state index < -0.39 is 0 Å². The van der Waals surface area contributed by atoms with Crippen LogP contribution in [0.3, 0.4) is 0 Å². The van der Waals surface area contributed by atoms with Gasteiger partial charge in [-0.05, 0) is 43.5 Å². The number of aromatic nitrogens is 3. The predicted molar refractivity (Wildman–Crippen MR) is 132 cm³/mol. The maximum absolute atomic E-state index is 13.4. The lowest BCUT2D eigenvalue weighted by molar-refractivity contribution is 0.0727. The lowest BCUT2D eigenvalue weighted by Crippen LogP contribution is -2.40. The van der Waals surface area contributed by atoms with Crippen LogP contribution in [0.15, 0.2) is 54.7 Å². The summed E-state index contributed by atoms with van der Waals surface area (Å²) in [5, 5.41) is 8.45. The van der Waals surface area contributed by atoms with Gasteiger partial charge in [-0.25, -0.2) is 0 Å². The van der Waals surface area contributed by atoms with Gasteiger partial charge in [0.15, 0.2) is 0 Å². The van der Waals surface area contributed by atoms with Crippen molar-refractivity contribution < 1.29 is 9.59 Å². The molecule has 1 atom stereocenters. The molecule has 0 aliphatic carbocycles. The summed E-state index contributed by atoms with van der Waals surface area (Å²) in [5.74, 6) is -0.118. The quantitative estimate of drug-likeness (QED) is 0.432.